The number of amides is 1. The first-order chi connectivity index (χ1) is 18.7. The first-order valence-corrected chi connectivity index (χ1v) is 14.1. The van der Waals surface area contributed by atoms with Gasteiger partial charge in [0.15, 0.2) is 6.10 Å². The number of rotatable bonds is 3. The summed E-state index contributed by atoms with van der Waals surface area (Å²) in [5, 5.41) is 6.19. The molecule has 1 aromatic rings. The maximum absolute atomic E-state index is 13.9. The van der Waals surface area contributed by atoms with Crippen molar-refractivity contribution >= 4 is 17.7 Å². The molecule has 0 spiro atoms. The third-order valence-electron chi connectivity index (χ3n) is 6.78. The summed E-state index contributed by atoms with van der Waals surface area (Å²) < 4.78 is 46.4. The summed E-state index contributed by atoms with van der Waals surface area (Å²) in [7, 11) is 1.64. The van der Waals surface area contributed by atoms with Crippen molar-refractivity contribution in [3.05, 3.63) is 35.3 Å². The second-order valence-corrected chi connectivity index (χ2v) is 9.88. The Bertz CT molecular complexity index is 1040. The number of anilines is 2. The lowest BCUT2D eigenvalue weighted by Crippen LogP contribution is -2.59. The Morgan fingerprint density at radius 3 is 2.41 bits per heavy atom. The lowest BCUT2D eigenvalue weighted by molar-refractivity contribution is -0.152. The van der Waals surface area contributed by atoms with Crippen molar-refractivity contribution in [3.8, 4) is 0 Å². The highest BCUT2D eigenvalue weighted by molar-refractivity contribution is 5.85. The number of alkyl halides is 3. The maximum atomic E-state index is 13.9. The Labute approximate surface area is 230 Å². The van der Waals surface area contributed by atoms with Crippen LogP contribution in [0.5, 0.6) is 0 Å². The molecule has 3 saturated heterocycles. The van der Waals surface area contributed by atoms with Crippen LogP contribution in [0, 0.1) is 12.8 Å². The van der Waals surface area contributed by atoms with E-state index in [9.17, 15) is 18.0 Å². The number of likely N-dealkylation sites (N-methyl/N-ethyl adjacent to an activating group) is 1. The molecule has 6 rings (SSSR count). The third kappa shape index (κ3) is 7.51. The highest BCUT2D eigenvalue weighted by atomic mass is 19.3. The van der Waals surface area contributed by atoms with E-state index in [0.717, 1.165) is 17.0 Å². The van der Waals surface area contributed by atoms with E-state index in [0.29, 0.717) is 18.2 Å². The van der Waals surface area contributed by atoms with Crippen molar-refractivity contribution in [3.63, 3.8) is 0 Å². The molecule has 3 aliphatic heterocycles. The molecule has 1 saturated carbocycles. The van der Waals surface area contributed by atoms with Crippen LogP contribution in [0.4, 0.5) is 24.9 Å². The summed E-state index contributed by atoms with van der Waals surface area (Å²) in [4.78, 5) is 24.8. The topological polar surface area (TPSA) is 82.6 Å². The number of hydrogen-bond acceptors (Lipinski definition) is 7. The van der Waals surface area contributed by atoms with Crippen LogP contribution in [-0.2, 0) is 9.53 Å². The number of allylic oxidation sites excluding steroid dienone is 3. The smallest absolute Gasteiger partial charge is 0.283 e. The zero-order valence-electron chi connectivity index (χ0n) is 23.9. The second kappa shape index (κ2) is 13.6. The predicted molar refractivity (Wildman–Crippen MR) is 148 cm³/mol. The molecule has 11 heteroatoms. The summed E-state index contributed by atoms with van der Waals surface area (Å²) in [5.74, 6) is -2.52. The van der Waals surface area contributed by atoms with Crippen LogP contribution in [0.2, 0.25) is 0 Å². The van der Waals surface area contributed by atoms with Gasteiger partial charge in [-0.25, -0.2) is 18.2 Å². The molecule has 1 aromatic heterocycles. The minimum atomic E-state index is -3.03. The van der Waals surface area contributed by atoms with E-state index in [4.69, 9.17) is 4.74 Å². The molecule has 4 heterocycles. The summed E-state index contributed by atoms with van der Waals surface area (Å²) >= 11 is 0. The van der Waals surface area contributed by atoms with E-state index in [-0.39, 0.29) is 24.9 Å². The lowest BCUT2D eigenvalue weighted by Gasteiger charge is -2.44. The number of halogens is 3. The number of ether oxygens (including phenoxy) is 1. The molecule has 0 bridgehead atoms. The fourth-order valence-electron chi connectivity index (χ4n) is 4.57. The van der Waals surface area contributed by atoms with Crippen LogP contribution in [0.15, 0.2) is 29.7 Å². The van der Waals surface area contributed by atoms with Gasteiger partial charge in [-0.15, -0.1) is 0 Å². The molecule has 1 amide bonds. The van der Waals surface area contributed by atoms with Crippen molar-refractivity contribution in [1.29, 1.82) is 0 Å². The Morgan fingerprint density at radius 1 is 1.13 bits per heavy atom. The SMILES string of the molecule is C1CC1.CC.CC.Cc1cnc(N2CC(F)C2)nc1NC1=CC=C2C(C1)C1NCC(F)(F)COC1C(=O)N2C. The number of piperidine rings is 1. The van der Waals surface area contributed by atoms with E-state index in [2.05, 4.69) is 20.6 Å². The summed E-state index contributed by atoms with van der Waals surface area (Å²) in [6, 6.07) is -0.562. The monoisotopic (exact) mass is 552 g/mol. The molecule has 3 atom stereocenters. The number of carbonyl (C=O) groups is 1. The average molecular weight is 553 g/mol. The van der Waals surface area contributed by atoms with Crippen molar-refractivity contribution in [2.45, 2.75) is 84.5 Å². The quantitative estimate of drug-likeness (QED) is 0.556. The van der Waals surface area contributed by atoms with Crippen LogP contribution in [0.25, 0.3) is 0 Å². The second-order valence-electron chi connectivity index (χ2n) is 9.88. The molecule has 8 nitrogen and oxygen atoms in total. The van der Waals surface area contributed by atoms with Gasteiger partial charge in [-0.3, -0.25) is 4.79 Å². The number of hydrogen-bond donors (Lipinski definition) is 2. The van der Waals surface area contributed by atoms with Gasteiger partial charge in [0.2, 0.25) is 5.95 Å². The fraction of sp³-hybridized carbons (Fsp3) is 0.679. The zero-order valence-corrected chi connectivity index (χ0v) is 23.9. The predicted octanol–water partition coefficient (Wildman–Crippen LogP) is 4.83. The van der Waals surface area contributed by atoms with Crippen LogP contribution in [-0.4, -0.2) is 78.3 Å². The van der Waals surface area contributed by atoms with Crippen LogP contribution in [0.3, 0.4) is 0 Å². The van der Waals surface area contributed by atoms with E-state index in [1.807, 2.05) is 46.8 Å². The van der Waals surface area contributed by atoms with Crippen LogP contribution >= 0.6 is 0 Å². The molecule has 0 aromatic carbocycles. The van der Waals surface area contributed by atoms with Crippen LogP contribution < -0.4 is 15.5 Å². The zero-order chi connectivity index (χ0) is 28.7. The molecule has 0 radical (unpaired) electrons. The molecule has 4 fully saturated rings. The molecule has 3 unspecified atom stereocenters. The molecule has 2 N–H and O–H groups in total. The molecular weight excluding hydrogens is 509 g/mol. The summed E-state index contributed by atoms with van der Waals surface area (Å²) in [5.41, 5.74) is 2.42. The first kappa shape index (κ1) is 30.9. The van der Waals surface area contributed by atoms with E-state index >= 15 is 0 Å². The van der Waals surface area contributed by atoms with Gasteiger partial charge in [0.05, 0.1) is 25.7 Å². The molecule has 218 valence electrons. The first-order valence-electron chi connectivity index (χ1n) is 14.1. The number of nitrogens with zero attached hydrogens (tertiary/aromatic N) is 4. The largest absolute Gasteiger partial charge is 0.360 e. The van der Waals surface area contributed by atoms with E-state index in [1.54, 1.807) is 18.1 Å². The van der Waals surface area contributed by atoms with Gasteiger partial charge in [0.1, 0.15) is 18.6 Å². The van der Waals surface area contributed by atoms with Crippen molar-refractivity contribution in [1.82, 2.24) is 20.2 Å². The van der Waals surface area contributed by atoms with Gasteiger partial charge in [-0.05, 0) is 25.5 Å². The summed E-state index contributed by atoms with van der Waals surface area (Å²) in [6.45, 7) is 9.10. The summed E-state index contributed by atoms with van der Waals surface area (Å²) in [6.07, 6.45) is 8.54. The van der Waals surface area contributed by atoms with Crippen molar-refractivity contribution in [2.75, 3.05) is 43.5 Å². The van der Waals surface area contributed by atoms with Gasteiger partial charge >= 0.3 is 0 Å². The van der Waals surface area contributed by atoms with Gasteiger partial charge in [-0.1, -0.05) is 47.0 Å². The normalized spacial score (nSPS) is 26.7. The fourth-order valence-corrected chi connectivity index (χ4v) is 4.57. The van der Waals surface area contributed by atoms with Crippen molar-refractivity contribution in [2.24, 2.45) is 5.92 Å². The number of aryl methyl sites for hydroxylation is 1. The minimum Gasteiger partial charge on any atom is -0.360 e. The van der Waals surface area contributed by atoms with Gasteiger partial charge in [0.25, 0.3) is 11.8 Å². The maximum Gasteiger partial charge on any atom is 0.283 e. The average Bonchev–Trinajstić information content (AvgIpc) is 3.81. The minimum absolute atomic E-state index is 0.228. The standard InChI is InChI=1S/C21H25F3N6O2.C3H6.2C2H6/c1-11-6-25-20(30-7-12(22)8-30)28-18(11)27-13-3-4-15-14(5-13)16-17(19(31)29(15)2)32-10-21(23,24)9-26-16;1-2-3-1;2*1-2/h3-4,6,12,14,16-17,26H,5,7-10H2,1-2H3,(H,25,27,28);1-3H2;2*1-2H3. The van der Waals surface area contributed by atoms with Gasteiger partial charge < -0.3 is 25.2 Å². The number of fused-ring (bicyclic) bond motifs is 3. The number of likely N-dealkylation sites (tertiary alicyclic amines) is 1. The Morgan fingerprint density at radius 2 is 1.79 bits per heavy atom. The Kier molecular flexibility index (Phi) is 10.8. The lowest BCUT2D eigenvalue weighted by atomic mass is 9.80. The van der Waals surface area contributed by atoms with Crippen LogP contribution in [0.1, 0.15) is 58.9 Å². The number of nitrogens with one attached hydrogen (secondary N) is 2. The number of aromatic nitrogens is 2. The number of carbonyl (C=O) groups excluding carboxylic acids is 1. The Balaban J connectivity index is 0.000000541. The van der Waals surface area contributed by atoms with Gasteiger partial charge in [0, 0.05) is 36.1 Å². The third-order valence-corrected chi connectivity index (χ3v) is 6.78. The highest BCUT2D eigenvalue weighted by Gasteiger charge is 2.50. The van der Waals surface area contributed by atoms with Gasteiger partial charge in [-0.2, -0.15) is 4.98 Å². The Hall–Kier alpha value is -2.66. The molecular formula is C28H43F3N6O2. The molecule has 2 aliphatic carbocycles. The highest BCUT2D eigenvalue weighted by Crippen LogP contribution is 2.38. The molecule has 5 aliphatic rings. The van der Waals surface area contributed by atoms with E-state index < -0.39 is 37.4 Å². The molecule has 39 heavy (non-hydrogen) atoms. The van der Waals surface area contributed by atoms with E-state index in [1.165, 1.54) is 24.2 Å². The van der Waals surface area contributed by atoms with Crippen molar-refractivity contribution < 1.29 is 22.7 Å².